The number of ether oxygens (including phenoxy) is 2. The van der Waals surface area contributed by atoms with E-state index in [1.807, 2.05) is 26.0 Å². The maximum Gasteiger partial charge on any atom is 0.169 e. The zero-order valence-electron chi connectivity index (χ0n) is 16.9. The molecule has 0 spiro atoms. The van der Waals surface area contributed by atoms with E-state index in [0.717, 1.165) is 53.2 Å². The van der Waals surface area contributed by atoms with Crippen LogP contribution in [0.15, 0.2) is 26.8 Å². The normalized spacial score (nSPS) is 10.4. The van der Waals surface area contributed by atoms with Gasteiger partial charge in [0.2, 0.25) is 0 Å². The fourth-order valence-electron chi connectivity index (χ4n) is 2.49. The number of unbranched alkanes of at least 4 members (excludes halogenated alkanes) is 3. The number of halogens is 3. The van der Waals surface area contributed by atoms with Gasteiger partial charge in [-0.2, -0.15) is 0 Å². The molecule has 0 heterocycles. The highest BCUT2D eigenvalue weighted by molar-refractivity contribution is 9.28. The number of oxime groups is 1. The van der Waals surface area contributed by atoms with E-state index in [9.17, 15) is 4.39 Å². The molecule has 0 N–H and O–H groups in total. The maximum atomic E-state index is 14.5. The van der Waals surface area contributed by atoms with Gasteiger partial charge in [0.25, 0.3) is 0 Å². The number of hydrogen-bond donors (Lipinski definition) is 0. The average molecular weight is 523 g/mol. The molecule has 1 aromatic rings. The second-order valence-electron chi connectivity index (χ2n) is 6.58. The lowest BCUT2D eigenvalue weighted by atomic mass is 10.1. The van der Waals surface area contributed by atoms with Crippen molar-refractivity contribution in [3.8, 4) is 11.5 Å². The van der Waals surface area contributed by atoms with Crippen LogP contribution in [-0.2, 0) is 11.3 Å². The van der Waals surface area contributed by atoms with Crippen molar-refractivity contribution in [3.05, 3.63) is 33.0 Å². The van der Waals surface area contributed by atoms with E-state index in [1.54, 1.807) is 0 Å². The summed E-state index contributed by atoms with van der Waals surface area (Å²) in [4.78, 5) is 5.17. The minimum absolute atomic E-state index is 0.350. The zero-order chi connectivity index (χ0) is 20.8. The fourth-order valence-corrected chi connectivity index (χ4v) is 2.76. The summed E-state index contributed by atoms with van der Waals surface area (Å²) < 4.78 is 26.7. The number of hydrogen-bond acceptors (Lipinski definition) is 4. The Hall–Kier alpha value is -1.08. The predicted octanol–water partition coefficient (Wildman–Crippen LogP) is 7.14. The van der Waals surface area contributed by atoms with Gasteiger partial charge in [-0.1, -0.05) is 18.5 Å². The SMILES string of the molecule is CCCc1cc(OCC=C(Br)Br)cc(F)c1OCCCCCCON=C(C)C. The molecule has 0 aliphatic carbocycles. The molecule has 0 unspecified atom stereocenters. The topological polar surface area (TPSA) is 40.0 Å². The second-order valence-corrected chi connectivity index (χ2v) is 9.36. The van der Waals surface area contributed by atoms with Gasteiger partial charge in [-0.15, -0.1) is 0 Å². The molecule has 158 valence electrons. The van der Waals surface area contributed by atoms with Gasteiger partial charge < -0.3 is 14.3 Å². The number of aryl methyl sites for hydroxylation is 1. The Bertz CT molecular complexity index is 643. The molecule has 0 aliphatic heterocycles. The molecule has 0 radical (unpaired) electrons. The van der Waals surface area contributed by atoms with Crippen LogP contribution in [0.3, 0.4) is 0 Å². The van der Waals surface area contributed by atoms with Crippen LogP contribution in [0.5, 0.6) is 11.5 Å². The zero-order valence-corrected chi connectivity index (χ0v) is 20.1. The van der Waals surface area contributed by atoms with Gasteiger partial charge in [0.15, 0.2) is 11.6 Å². The molecule has 1 aromatic carbocycles. The molecular formula is C21H30Br2FNO3. The Balaban J connectivity index is 2.46. The van der Waals surface area contributed by atoms with Crippen molar-refractivity contribution in [1.29, 1.82) is 0 Å². The summed E-state index contributed by atoms with van der Waals surface area (Å²) in [6, 6.07) is 3.25. The number of nitrogens with zero attached hydrogens (tertiary/aromatic N) is 1. The molecule has 0 aliphatic rings. The third-order valence-electron chi connectivity index (χ3n) is 3.72. The van der Waals surface area contributed by atoms with Crippen LogP contribution in [0, 0.1) is 5.82 Å². The van der Waals surface area contributed by atoms with Crippen LogP contribution in [0.4, 0.5) is 4.39 Å². The van der Waals surface area contributed by atoms with E-state index in [-0.39, 0.29) is 5.82 Å². The molecule has 0 saturated carbocycles. The van der Waals surface area contributed by atoms with Crippen LogP contribution < -0.4 is 9.47 Å². The lowest BCUT2D eigenvalue weighted by Gasteiger charge is -2.14. The van der Waals surface area contributed by atoms with Gasteiger partial charge >= 0.3 is 0 Å². The van der Waals surface area contributed by atoms with E-state index in [0.29, 0.717) is 31.3 Å². The largest absolute Gasteiger partial charge is 0.490 e. The lowest BCUT2D eigenvalue weighted by Crippen LogP contribution is -2.04. The van der Waals surface area contributed by atoms with Gasteiger partial charge in [0, 0.05) is 11.6 Å². The molecule has 0 aromatic heterocycles. The first-order valence-corrected chi connectivity index (χ1v) is 11.2. The third-order valence-corrected chi connectivity index (χ3v) is 4.37. The Morgan fingerprint density at radius 2 is 1.79 bits per heavy atom. The molecule has 0 saturated heterocycles. The molecule has 28 heavy (non-hydrogen) atoms. The molecule has 0 amide bonds. The van der Waals surface area contributed by atoms with Crippen LogP contribution in [0.1, 0.15) is 58.4 Å². The number of rotatable bonds is 14. The summed E-state index contributed by atoms with van der Waals surface area (Å²) in [6.45, 7) is 7.35. The Labute approximate surface area is 184 Å². The van der Waals surface area contributed by atoms with E-state index < -0.39 is 0 Å². The first-order valence-electron chi connectivity index (χ1n) is 9.66. The molecule has 0 fully saturated rings. The lowest BCUT2D eigenvalue weighted by molar-refractivity contribution is 0.139. The molecular weight excluding hydrogens is 493 g/mol. The summed E-state index contributed by atoms with van der Waals surface area (Å²) in [5, 5.41) is 3.90. The first-order chi connectivity index (χ1) is 13.4. The number of benzene rings is 1. The van der Waals surface area contributed by atoms with Crippen LogP contribution >= 0.6 is 31.9 Å². The standard InChI is InChI=1S/C21H30Br2FNO3/c1-4-9-17-14-18(26-13-10-20(22)23)15-19(24)21(17)27-11-7-5-6-8-12-28-25-16(2)3/h10,14-15H,4-9,11-13H2,1-3H3. The third kappa shape index (κ3) is 11.1. The molecule has 0 atom stereocenters. The van der Waals surface area contributed by atoms with Crippen molar-refractivity contribution in [1.82, 2.24) is 0 Å². The van der Waals surface area contributed by atoms with E-state index >= 15 is 0 Å². The highest BCUT2D eigenvalue weighted by Gasteiger charge is 2.13. The van der Waals surface area contributed by atoms with Crippen LogP contribution in [0.25, 0.3) is 0 Å². The molecule has 4 nitrogen and oxygen atoms in total. The maximum absolute atomic E-state index is 14.5. The minimum atomic E-state index is -0.371. The van der Waals surface area contributed by atoms with Gasteiger partial charge in [0.1, 0.15) is 19.0 Å². The highest BCUT2D eigenvalue weighted by atomic mass is 79.9. The highest BCUT2D eigenvalue weighted by Crippen LogP contribution is 2.30. The summed E-state index contributed by atoms with van der Waals surface area (Å²) in [7, 11) is 0. The smallest absolute Gasteiger partial charge is 0.169 e. The van der Waals surface area contributed by atoms with Crippen molar-refractivity contribution < 1.29 is 18.7 Å². The fraction of sp³-hybridized carbons (Fsp3) is 0.571. The minimum Gasteiger partial charge on any atom is -0.490 e. The Morgan fingerprint density at radius 3 is 2.43 bits per heavy atom. The summed E-state index contributed by atoms with van der Waals surface area (Å²) in [6.07, 6.45) is 7.35. The summed E-state index contributed by atoms with van der Waals surface area (Å²) in [5.41, 5.74) is 1.77. The average Bonchev–Trinajstić information content (AvgIpc) is 2.61. The monoisotopic (exact) mass is 521 g/mol. The van der Waals surface area contributed by atoms with Gasteiger partial charge in [0.05, 0.1) is 15.7 Å². The Kier molecular flexibility index (Phi) is 13.2. The van der Waals surface area contributed by atoms with E-state index in [2.05, 4.69) is 43.9 Å². The van der Waals surface area contributed by atoms with Crippen molar-refractivity contribution in [2.75, 3.05) is 19.8 Å². The Morgan fingerprint density at radius 1 is 1.07 bits per heavy atom. The predicted molar refractivity (Wildman–Crippen MR) is 121 cm³/mol. The summed E-state index contributed by atoms with van der Waals surface area (Å²) >= 11 is 6.54. The van der Waals surface area contributed by atoms with Crippen molar-refractivity contribution in [2.45, 2.75) is 59.3 Å². The molecule has 7 heteroatoms. The van der Waals surface area contributed by atoms with Crippen molar-refractivity contribution in [3.63, 3.8) is 0 Å². The van der Waals surface area contributed by atoms with Gasteiger partial charge in [-0.05, 0) is 90.0 Å². The summed E-state index contributed by atoms with van der Waals surface area (Å²) in [5.74, 6) is 0.488. The van der Waals surface area contributed by atoms with Crippen molar-refractivity contribution in [2.24, 2.45) is 5.16 Å². The van der Waals surface area contributed by atoms with Gasteiger partial charge in [-0.3, -0.25) is 0 Å². The molecule has 0 bridgehead atoms. The molecule has 1 rings (SSSR count). The second kappa shape index (κ2) is 14.9. The van der Waals surface area contributed by atoms with Crippen LogP contribution in [0.2, 0.25) is 0 Å². The first kappa shape index (κ1) is 25.0. The van der Waals surface area contributed by atoms with Gasteiger partial charge in [-0.25, -0.2) is 4.39 Å². The quantitative estimate of drug-likeness (QED) is 0.148. The van der Waals surface area contributed by atoms with Crippen LogP contribution in [-0.4, -0.2) is 25.5 Å². The van der Waals surface area contributed by atoms with E-state index in [1.165, 1.54) is 6.07 Å². The van der Waals surface area contributed by atoms with Crippen molar-refractivity contribution >= 4 is 37.6 Å². The van der Waals surface area contributed by atoms with E-state index in [4.69, 9.17) is 14.3 Å².